The molecule has 1 fully saturated rings. The molecule has 1 N–H and O–H groups in total. The normalized spacial score (nSPS) is 18.5. The molecule has 0 saturated carbocycles. The van der Waals surface area contributed by atoms with E-state index in [0.29, 0.717) is 21.8 Å². The molecular weight excluding hydrogens is 390 g/mol. The van der Waals surface area contributed by atoms with E-state index < -0.39 is 17.9 Å². The van der Waals surface area contributed by atoms with E-state index in [0.717, 1.165) is 11.8 Å². The summed E-state index contributed by atoms with van der Waals surface area (Å²) in [6.45, 7) is 3.81. The maximum Gasteiger partial charge on any atom is 0.326 e. The number of thioether (sulfide) groups is 1. The van der Waals surface area contributed by atoms with Crippen molar-refractivity contribution in [2.24, 2.45) is 5.92 Å². The van der Waals surface area contributed by atoms with Crippen molar-refractivity contribution in [3.8, 4) is 0 Å². The van der Waals surface area contributed by atoms with Gasteiger partial charge < -0.3 is 9.52 Å². The number of carboxylic acid groups (broad SMARTS) is 1. The number of hydrogen-bond acceptors (Lipinski definition) is 5. The number of carbonyl (C=O) groups is 2. The minimum atomic E-state index is -1.05. The van der Waals surface area contributed by atoms with Crippen molar-refractivity contribution in [1.29, 1.82) is 0 Å². The van der Waals surface area contributed by atoms with Crippen molar-refractivity contribution < 1.29 is 19.1 Å². The molecule has 0 aliphatic carbocycles. The Labute approximate surface area is 145 Å². The number of carbonyl (C=O) groups excluding carboxylic acids is 1. The summed E-state index contributed by atoms with van der Waals surface area (Å²) in [6.07, 6.45) is 1.92. The molecular formula is C14H14BrNO4S2. The Kier molecular flexibility index (Phi) is 5.46. The zero-order chi connectivity index (χ0) is 16.4. The van der Waals surface area contributed by atoms with Gasteiger partial charge in [-0.1, -0.05) is 37.8 Å². The Hall–Kier alpha value is -1.12. The number of carboxylic acids is 1. The van der Waals surface area contributed by atoms with Gasteiger partial charge in [0.25, 0.3) is 5.91 Å². The average Bonchev–Trinajstić information content (AvgIpc) is 2.92. The van der Waals surface area contributed by atoms with Crippen molar-refractivity contribution in [2.75, 3.05) is 0 Å². The van der Waals surface area contributed by atoms with Gasteiger partial charge in [0, 0.05) is 6.08 Å². The summed E-state index contributed by atoms with van der Waals surface area (Å²) < 4.78 is 6.15. The third-order valence-corrected chi connectivity index (χ3v) is 4.74. The summed E-state index contributed by atoms with van der Waals surface area (Å²) >= 11 is 9.47. The summed E-state index contributed by atoms with van der Waals surface area (Å²) in [5.74, 6) is -0.804. The van der Waals surface area contributed by atoms with Gasteiger partial charge in [-0.25, -0.2) is 4.79 Å². The summed E-state index contributed by atoms with van der Waals surface area (Å²) in [7, 11) is 0. The van der Waals surface area contributed by atoms with Crippen LogP contribution in [0.15, 0.2) is 26.1 Å². The minimum Gasteiger partial charge on any atom is -0.480 e. The van der Waals surface area contributed by atoms with Gasteiger partial charge in [-0.2, -0.15) is 0 Å². The molecule has 5 nitrogen and oxygen atoms in total. The molecule has 22 heavy (non-hydrogen) atoms. The molecule has 1 aliphatic rings. The number of nitrogens with zero attached hydrogens (tertiary/aromatic N) is 1. The Morgan fingerprint density at radius 1 is 1.55 bits per heavy atom. The molecule has 1 atom stereocenters. The van der Waals surface area contributed by atoms with E-state index in [1.807, 2.05) is 13.8 Å². The highest BCUT2D eigenvalue weighted by Gasteiger charge is 2.40. The van der Waals surface area contributed by atoms with Crippen LogP contribution >= 0.6 is 39.9 Å². The first-order chi connectivity index (χ1) is 10.3. The van der Waals surface area contributed by atoms with Gasteiger partial charge in [-0.05, 0) is 40.4 Å². The first kappa shape index (κ1) is 17.2. The van der Waals surface area contributed by atoms with Gasteiger partial charge in [0.15, 0.2) is 4.67 Å². The maximum absolute atomic E-state index is 12.5. The van der Waals surface area contributed by atoms with Crippen LogP contribution in [0.3, 0.4) is 0 Å². The molecule has 0 radical (unpaired) electrons. The molecule has 0 bridgehead atoms. The Morgan fingerprint density at radius 2 is 2.23 bits per heavy atom. The fraction of sp³-hybridized carbons (Fsp3) is 0.357. The number of halogens is 1. The molecule has 0 spiro atoms. The van der Waals surface area contributed by atoms with E-state index in [-0.39, 0.29) is 10.2 Å². The van der Waals surface area contributed by atoms with E-state index in [1.165, 1.54) is 4.90 Å². The second-order valence-electron chi connectivity index (χ2n) is 5.18. The van der Waals surface area contributed by atoms with E-state index in [2.05, 4.69) is 15.9 Å². The molecule has 2 heterocycles. The highest BCUT2D eigenvalue weighted by atomic mass is 79.9. The Balaban J connectivity index is 2.27. The number of amides is 1. The van der Waals surface area contributed by atoms with Crippen molar-refractivity contribution in [1.82, 2.24) is 4.90 Å². The zero-order valence-electron chi connectivity index (χ0n) is 11.9. The number of aliphatic carboxylic acids is 1. The van der Waals surface area contributed by atoms with Gasteiger partial charge >= 0.3 is 5.97 Å². The van der Waals surface area contributed by atoms with Crippen LogP contribution < -0.4 is 0 Å². The number of thiocarbonyl (C=S) groups is 1. The van der Waals surface area contributed by atoms with Gasteiger partial charge in [-0.3, -0.25) is 9.69 Å². The average molecular weight is 404 g/mol. The summed E-state index contributed by atoms with van der Waals surface area (Å²) in [5, 5.41) is 9.39. The highest BCUT2D eigenvalue weighted by molar-refractivity contribution is 9.10. The summed E-state index contributed by atoms with van der Waals surface area (Å²) in [5.41, 5.74) is 0. The number of hydrogen-bond donors (Lipinski definition) is 1. The third kappa shape index (κ3) is 3.80. The molecule has 1 aliphatic heterocycles. The predicted octanol–water partition coefficient (Wildman–Crippen LogP) is 3.74. The van der Waals surface area contributed by atoms with Gasteiger partial charge in [0.05, 0.1) is 4.91 Å². The molecule has 1 amide bonds. The van der Waals surface area contributed by atoms with Crippen LogP contribution in [-0.4, -0.2) is 32.2 Å². The first-order valence-electron chi connectivity index (χ1n) is 6.54. The molecule has 0 unspecified atom stereocenters. The van der Waals surface area contributed by atoms with Crippen LogP contribution in [0.25, 0.3) is 6.08 Å². The lowest BCUT2D eigenvalue weighted by atomic mass is 10.0. The Morgan fingerprint density at radius 3 is 2.73 bits per heavy atom. The zero-order valence-corrected chi connectivity index (χ0v) is 15.1. The Bertz CT molecular complexity index is 653. The van der Waals surface area contributed by atoms with Crippen molar-refractivity contribution >= 4 is 62.2 Å². The standard InChI is InChI=1S/C14H14BrNO4S2/c1-7(2)5-9(13(18)19)16-12(17)10(22-14(16)21)6-8-3-4-11(15)20-8/h3-4,6-7,9H,5H2,1-2H3,(H,18,19)/b10-6+/t9-/m1/s1. The van der Waals surface area contributed by atoms with Gasteiger partial charge in [0.2, 0.25) is 0 Å². The van der Waals surface area contributed by atoms with Crippen LogP contribution in [0.2, 0.25) is 0 Å². The minimum absolute atomic E-state index is 0.135. The lowest BCUT2D eigenvalue weighted by Gasteiger charge is -2.24. The fourth-order valence-electron chi connectivity index (χ4n) is 2.05. The van der Waals surface area contributed by atoms with Crippen LogP contribution in [0.5, 0.6) is 0 Å². The van der Waals surface area contributed by atoms with E-state index in [4.69, 9.17) is 16.6 Å². The monoisotopic (exact) mass is 403 g/mol. The lowest BCUT2D eigenvalue weighted by Crippen LogP contribution is -2.44. The lowest BCUT2D eigenvalue weighted by molar-refractivity contribution is -0.145. The van der Waals surface area contributed by atoms with Crippen molar-refractivity contribution in [2.45, 2.75) is 26.3 Å². The molecule has 2 rings (SSSR count). The molecule has 0 aromatic carbocycles. The smallest absolute Gasteiger partial charge is 0.326 e. The van der Waals surface area contributed by atoms with Crippen molar-refractivity contribution in [3.05, 3.63) is 27.5 Å². The molecule has 8 heteroatoms. The molecule has 118 valence electrons. The van der Waals surface area contributed by atoms with Gasteiger partial charge in [0.1, 0.15) is 16.1 Å². The van der Waals surface area contributed by atoms with Crippen LogP contribution in [-0.2, 0) is 9.59 Å². The van der Waals surface area contributed by atoms with Crippen LogP contribution in [0.1, 0.15) is 26.0 Å². The third-order valence-electron chi connectivity index (χ3n) is 2.98. The van der Waals surface area contributed by atoms with E-state index >= 15 is 0 Å². The highest BCUT2D eigenvalue weighted by Crippen LogP contribution is 2.35. The van der Waals surface area contributed by atoms with Gasteiger partial charge in [-0.15, -0.1) is 0 Å². The SMILES string of the molecule is CC(C)C[C@H](C(=O)O)N1C(=O)/C(=C\c2ccc(Br)o2)SC1=S. The first-order valence-corrected chi connectivity index (χ1v) is 8.56. The number of furan rings is 1. The quantitative estimate of drug-likeness (QED) is 0.596. The van der Waals surface area contributed by atoms with Crippen molar-refractivity contribution in [3.63, 3.8) is 0 Å². The van der Waals surface area contributed by atoms with Crippen LogP contribution in [0.4, 0.5) is 0 Å². The van der Waals surface area contributed by atoms with E-state index in [9.17, 15) is 14.7 Å². The second-order valence-corrected chi connectivity index (χ2v) is 7.63. The molecule has 1 aromatic heterocycles. The van der Waals surface area contributed by atoms with E-state index in [1.54, 1.807) is 18.2 Å². The maximum atomic E-state index is 12.5. The summed E-state index contributed by atoms with van der Waals surface area (Å²) in [4.78, 5) is 25.5. The topological polar surface area (TPSA) is 70.8 Å². The fourth-order valence-corrected chi connectivity index (χ4v) is 3.70. The predicted molar refractivity (Wildman–Crippen MR) is 92.3 cm³/mol. The number of rotatable bonds is 5. The largest absolute Gasteiger partial charge is 0.480 e. The molecule has 1 saturated heterocycles. The summed E-state index contributed by atoms with van der Waals surface area (Å²) in [6, 6.07) is 2.48. The second kappa shape index (κ2) is 6.97. The van der Waals surface area contributed by atoms with Crippen LogP contribution in [0, 0.1) is 5.92 Å². The molecule has 1 aromatic rings.